The third-order valence-electron chi connectivity index (χ3n) is 3.01. The van der Waals surface area contributed by atoms with Gasteiger partial charge in [-0.25, -0.2) is 4.39 Å². The monoisotopic (exact) mass is 347 g/mol. The maximum absolute atomic E-state index is 14.0. The molecule has 10 heteroatoms. The Bertz CT molecular complexity index is 716. The van der Waals surface area contributed by atoms with Crippen LogP contribution >= 0.6 is 0 Å². The van der Waals surface area contributed by atoms with Crippen LogP contribution in [0.15, 0.2) is 22.7 Å². The molecule has 0 unspecified atom stereocenters. The minimum absolute atomic E-state index is 0.0104. The fourth-order valence-corrected chi connectivity index (χ4v) is 1.83. The number of aromatic nitrogens is 2. The molecule has 0 aliphatic heterocycles. The summed E-state index contributed by atoms with van der Waals surface area (Å²) in [5, 5.41) is 14.2. The Labute approximate surface area is 133 Å². The number of nitrogens with one attached hydrogen (secondary N) is 1. The molecule has 0 radical (unpaired) electrons. The van der Waals surface area contributed by atoms with Crippen molar-refractivity contribution in [2.75, 3.05) is 13.2 Å². The van der Waals surface area contributed by atoms with E-state index in [2.05, 4.69) is 20.0 Å². The van der Waals surface area contributed by atoms with Crippen molar-refractivity contribution in [3.05, 3.63) is 35.5 Å². The number of carbonyl (C=O) groups excluding carboxylic acids is 1. The molecule has 2 aromatic rings. The molecule has 6 nitrogen and oxygen atoms in total. The van der Waals surface area contributed by atoms with Crippen LogP contribution < -0.4 is 5.32 Å². The molecule has 24 heavy (non-hydrogen) atoms. The predicted octanol–water partition coefficient (Wildman–Crippen LogP) is 2.40. The van der Waals surface area contributed by atoms with Gasteiger partial charge in [0.05, 0.1) is 5.56 Å². The minimum Gasteiger partial charge on any atom is -0.396 e. The summed E-state index contributed by atoms with van der Waals surface area (Å²) in [6, 6.07) is 3.19. The molecule has 0 bridgehead atoms. The highest BCUT2D eigenvalue weighted by molar-refractivity contribution is 5.94. The van der Waals surface area contributed by atoms with Crippen LogP contribution in [0.4, 0.5) is 17.6 Å². The van der Waals surface area contributed by atoms with Crippen molar-refractivity contribution in [2.24, 2.45) is 0 Å². The summed E-state index contributed by atoms with van der Waals surface area (Å²) >= 11 is 0. The van der Waals surface area contributed by atoms with Crippen LogP contribution in [0.3, 0.4) is 0 Å². The molecule has 0 spiro atoms. The predicted molar refractivity (Wildman–Crippen MR) is 73.3 cm³/mol. The summed E-state index contributed by atoms with van der Waals surface area (Å²) < 4.78 is 55.3. The van der Waals surface area contributed by atoms with Crippen molar-refractivity contribution < 1.29 is 32.0 Å². The molecule has 2 N–H and O–H groups in total. The highest BCUT2D eigenvalue weighted by Crippen LogP contribution is 2.29. The Balaban J connectivity index is 2.12. The minimum atomic E-state index is -4.79. The summed E-state index contributed by atoms with van der Waals surface area (Å²) in [7, 11) is 0. The number of aliphatic hydroxyl groups excluding tert-OH is 1. The van der Waals surface area contributed by atoms with Crippen LogP contribution in [0.1, 0.15) is 29.1 Å². The van der Waals surface area contributed by atoms with E-state index in [1.165, 1.54) is 6.07 Å². The standard InChI is InChI=1S/C14H13F4N3O3/c15-10-7-8(11-20-13(24-21-11)14(16,17)18)3-4-9(10)12(23)19-5-1-2-6-22/h3-4,7,22H,1-2,5-6H2,(H,19,23). The Hall–Kier alpha value is -2.49. The van der Waals surface area contributed by atoms with E-state index in [9.17, 15) is 22.4 Å². The quantitative estimate of drug-likeness (QED) is 0.619. The third kappa shape index (κ3) is 4.28. The van der Waals surface area contributed by atoms with Crippen molar-refractivity contribution in [1.82, 2.24) is 15.5 Å². The second-order valence-electron chi connectivity index (χ2n) is 4.80. The first-order chi connectivity index (χ1) is 11.3. The van der Waals surface area contributed by atoms with E-state index in [0.29, 0.717) is 12.8 Å². The normalized spacial score (nSPS) is 11.5. The lowest BCUT2D eigenvalue weighted by Gasteiger charge is -2.06. The second-order valence-corrected chi connectivity index (χ2v) is 4.80. The van der Waals surface area contributed by atoms with Gasteiger partial charge < -0.3 is 14.9 Å². The topological polar surface area (TPSA) is 88.2 Å². The number of amides is 1. The highest BCUT2D eigenvalue weighted by Gasteiger charge is 2.38. The van der Waals surface area contributed by atoms with E-state index < -0.39 is 29.6 Å². The number of aliphatic hydroxyl groups is 1. The Morgan fingerprint density at radius 1 is 1.29 bits per heavy atom. The molecule has 1 aromatic carbocycles. The van der Waals surface area contributed by atoms with Gasteiger partial charge in [0.15, 0.2) is 0 Å². The number of unbranched alkanes of at least 4 members (excludes halogenated alkanes) is 1. The lowest BCUT2D eigenvalue weighted by atomic mass is 10.1. The largest absolute Gasteiger partial charge is 0.471 e. The van der Waals surface area contributed by atoms with Gasteiger partial charge in [0, 0.05) is 18.7 Å². The molecule has 130 valence electrons. The van der Waals surface area contributed by atoms with Crippen LogP contribution in [0.2, 0.25) is 0 Å². The van der Waals surface area contributed by atoms with Gasteiger partial charge >= 0.3 is 12.1 Å². The van der Waals surface area contributed by atoms with Gasteiger partial charge in [-0.15, -0.1) is 0 Å². The summed E-state index contributed by atoms with van der Waals surface area (Å²) in [5.41, 5.74) is -0.314. The zero-order valence-electron chi connectivity index (χ0n) is 12.2. The summed E-state index contributed by atoms with van der Waals surface area (Å²) in [4.78, 5) is 14.9. The molecule has 0 saturated heterocycles. The number of nitrogens with zero attached hydrogens (tertiary/aromatic N) is 2. The van der Waals surface area contributed by atoms with Gasteiger partial charge in [-0.1, -0.05) is 11.2 Å². The zero-order valence-corrected chi connectivity index (χ0v) is 12.2. The SMILES string of the molecule is O=C(NCCCCO)c1ccc(-c2noc(C(F)(F)F)n2)cc1F. The van der Waals surface area contributed by atoms with Crippen molar-refractivity contribution in [3.8, 4) is 11.4 Å². The van der Waals surface area contributed by atoms with Crippen LogP contribution in [-0.2, 0) is 6.18 Å². The molecule has 0 saturated carbocycles. The highest BCUT2D eigenvalue weighted by atomic mass is 19.4. The maximum Gasteiger partial charge on any atom is 0.471 e. The van der Waals surface area contributed by atoms with E-state index in [1.54, 1.807) is 0 Å². The molecule has 1 heterocycles. The van der Waals surface area contributed by atoms with E-state index in [-0.39, 0.29) is 24.3 Å². The van der Waals surface area contributed by atoms with Crippen LogP contribution in [0.25, 0.3) is 11.4 Å². The number of rotatable bonds is 6. The number of hydrogen-bond donors (Lipinski definition) is 2. The first-order valence-corrected chi connectivity index (χ1v) is 6.93. The fraction of sp³-hybridized carbons (Fsp3) is 0.357. The van der Waals surface area contributed by atoms with Gasteiger partial charge in [-0.3, -0.25) is 4.79 Å². The van der Waals surface area contributed by atoms with Crippen molar-refractivity contribution >= 4 is 5.91 Å². The Morgan fingerprint density at radius 3 is 2.62 bits per heavy atom. The van der Waals surface area contributed by atoms with E-state index in [1.807, 2.05) is 0 Å². The van der Waals surface area contributed by atoms with Crippen molar-refractivity contribution in [2.45, 2.75) is 19.0 Å². The number of benzene rings is 1. The van der Waals surface area contributed by atoms with Gasteiger partial charge in [-0.05, 0) is 25.0 Å². The van der Waals surface area contributed by atoms with E-state index in [0.717, 1.165) is 12.1 Å². The maximum atomic E-state index is 14.0. The van der Waals surface area contributed by atoms with Crippen molar-refractivity contribution in [3.63, 3.8) is 0 Å². The first kappa shape index (κ1) is 17.9. The molecule has 0 aliphatic carbocycles. The Kier molecular flexibility index (Phi) is 5.50. The molecule has 0 aliphatic rings. The van der Waals surface area contributed by atoms with Crippen LogP contribution in [-0.4, -0.2) is 34.3 Å². The molecular formula is C14H13F4N3O3. The van der Waals surface area contributed by atoms with E-state index >= 15 is 0 Å². The summed E-state index contributed by atoms with van der Waals surface area (Å²) in [6.07, 6.45) is -3.76. The van der Waals surface area contributed by atoms with Gasteiger partial charge in [0.25, 0.3) is 5.91 Å². The van der Waals surface area contributed by atoms with E-state index in [4.69, 9.17) is 5.11 Å². The number of carbonyl (C=O) groups is 1. The second kappa shape index (κ2) is 7.39. The van der Waals surface area contributed by atoms with Gasteiger partial charge in [0.1, 0.15) is 5.82 Å². The number of alkyl halides is 3. The van der Waals surface area contributed by atoms with Gasteiger partial charge in [-0.2, -0.15) is 18.2 Å². The zero-order chi connectivity index (χ0) is 17.7. The summed E-state index contributed by atoms with van der Waals surface area (Å²) in [5.74, 6) is -3.56. The summed E-state index contributed by atoms with van der Waals surface area (Å²) in [6.45, 7) is 0.254. The smallest absolute Gasteiger partial charge is 0.396 e. The molecule has 0 fully saturated rings. The molecule has 1 aromatic heterocycles. The number of hydrogen-bond acceptors (Lipinski definition) is 5. The number of halogens is 4. The lowest BCUT2D eigenvalue weighted by molar-refractivity contribution is -0.159. The van der Waals surface area contributed by atoms with Crippen LogP contribution in [0, 0.1) is 5.82 Å². The average Bonchev–Trinajstić information content (AvgIpc) is 3.01. The third-order valence-corrected chi connectivity index (χ3v) is 3.01. The molecular weight excluding hydrogens is 334 g/mol. The van der Waals surface area contributed by atoms with Gasteiger partial charge in [0.2, 0.25) is 5.82 Å². The first-order valence-electron chi connectivity index (χ1n) is 6.93. The molecule has 2 rings (SSSR count). The molecule has 0 atom stereocenters. The van der Waals surface area contributed by atoms with Crippen molar-refractivity contribution in [1.29, 1.82) is 0 Å². The Morgan fingerprint density at radius 2 is 2.04 bits per heavy atom. The average molecular weight is 347 g/mol. The van der Waals surface area contributed by atoms with Crippen LogP contribution in [0.5, 0.6) is 0 Å². The lowest BCUT2D eigenvalue weighted by Crippen LogP contribution is -2.25. The molecule has 1 amide bonds. The fourth-order valence-electron chi connectivity index (χ4n) is 1.83.